The summed E-state index contributed by atoms with van der Waals surface area (Å²) in [5.41, 5.74) is 1.23. The molecule has 0 aliphatic rings. The molecule has 168 valence electrons. The van der Waals surface area contributed by atoms with Gasteiger partial charge in [0.1, 0.15) is 18.4 Å². The molecule has 0 radical (unpaired) electrons. The Balaban J connectivity index is 1.82. The van der Waals surface area contributed by atoms with E-state index in [-0.39, 0.29) is 22.2 Å². The molecule has 1 atom stereocenters. The average Bonchev–Trinajstić information content (AvgIpc) is 3.29. The van der Waals surface area contributed by atoms with Crippen LogP contribution >= 0.6 is 23.2 Å². The molecule has 0 saturated heterocycles. The fraction of sp³-hybridized carbons (Fsp3) is 0.115. The second kappa shape index (κ2) is 9.59. The van der Waals surface area contributed by atoms with E-state index in [1.807, 2.05) is 36.4 Å². The molecule has 6 nitrogen and oxygen atoms in total. The topological polar surface area (TPSA) is 94.9 Å². The quantitative estimate of drug-likeness (QED) is 0.389. The van der Waals surface area contributed by atoms with Gasteiger partial charge < -0.3 is 14.4 Å². The SMILES string of the molecule is Cn1cncc1C(O)(COc1cc(Cl)c(C#N)c(Cl)c1-c1ccccc1)c1ccc(C#N)cc1. The number of nitrogens with zero attached hydrogens (tertiary/aromatic N) is 4. The molecule has 1 N–H and O–H groups in total. The van der Waals surface area contributed by atoms with Gasteiger partial charge in [-0.3, -0.25) is 0 Å². The van der Waals surface area contributed by atoms with Gasteiger partial charge in [-0.1, -0.05) is 65.7 Å². The molecule has 34 heavy (non-hydrogen) atoms. The molecule has 8 heteroatoms. The number of hydrogen-bond acceptors (Lipinski definition) is 5. The zero-order chi connectivity index (χ0) is 24.3. The van der Waals surface area contributed by atoms with Gasteiger partial charge in [0, 0.05) is 18.7 Å². The summed E-state index contributed by atoms with van der Waals surface area (Å²) in [6.07, 6.45) is 3.13. The molecule has 3 aromatic carbocycles. The Morgan fingerprint density at radius 2 is 1.76 bits per heavy atom. The molecule has 0 bridgehead atoms. The lowest BCUT2D eigenvalue weighted by atomic mass is 9.90. The average molecular weight is 489 g/mol. The third-order valence-electron chi connectivity index (χ3n) is 5.52. The molecule has 4 aromatic rings. The summed E-state index contributed by atoms with van der Waals surface area (Å²) in [5.74, 6) is 0.314. The maximum atomic E-state index is 11.9. The van der Waals surface area contributed by atoms with Crippen LogP contribution < -0.4 is 4.74 Å². The highest BCUT2D eigenvalue weighted by molar-refractivity contribution is 6.39. The van der Waals surface area contributed by atoms with Gasteiger partial charge in [-0.2, -0.15) is 10.5 Å². The number of imidazole rings is 1. The standard InChI is InChI=1S/C26H18Cl2N4O2/c1-32-16-31-14-23(32)26(33,19-9-7-17(12-29)8-10-19)15-34-22-11-21(27)20(13-30)25(28)24(22)18-5-3-2-4-6-18/h2-11,14,16,33H,15H2,1H3. The number of hydrogen-bond donors (Lipinski definition) is 1. The van der Waals surface area contributed by atoms with Crippen molar-refractivity contribution in [1.82, 2.24) is 9.55 Å². The zero-order valence-electron chi connectivity index (χ0n) is 18.0. The van der Waals surface area contributed by atoms with E-state index in [1.165, 1.54) is 6.07 Å². The highest BCUT2D eigenvalue weighted by Crippen LogP contribution is 2.43. The first-order valence-electron chi connectivity index (χ1n) is 10.2. The molecular formula is C26H18Cl2N4O2. The van der Waals surface area contributed by atoms with E-state index in [0.29, 0.717) is 28.1 Å². The molecule has 1 heterocycles. The van der Waals surface area contributed by atoms with Crippen LogP contribution in [-0.4, -0.2) is 21.3 Å². The van der Waals surface area contributed by atoms with Gasteiger partial charge in [-0.05, 0) is 23.3 Å². The van der Waals surface area contributed by atoms with Crippen LogP contribution in [0.15, 0.2) is 73.2 Å². The first-order valence-corrected chi connectivity index (χ1v) is 10.9. The van der Waals surface area contributed by atoms with Gasteiger partial charge in [-0.25, -0.2) is 4.98 Å². The molecule has 0 fully saturated rings. The normalized spacial score (nSPS) is 12.4. The predicted octanol–water partition coefficient (Wildman–Crippen LogP) is 5.45. The van der Waals surface area contributed by atoms with E-state index in [9.17, 15) is 10.4 Å². The minimum absolute atomic E-state index is 0.142. The van der Waals surface area contributed by atoms with Gasteiger partial charge in [0.15, 0.2) is 5.60 Å². The van der Waals surface area contributed by atoms with Crippen molar-refractivity contribution in [2.75, 3.05) is 6.61 Å². The van der Waals surface area contributed by atoms with Crippen molar-refractivity contribution >= 4 is 23.2 Å². The number of ether oxygens (including phenoxy) is 1. The first-order chi connectivity index (χ1) is 16.4. The predicted molar refractivity (Wildman–Crippen MR) is 129 cm³/mol. The first kappa shape index (κ1) is 23.4. The highest BCUT2D eigenvalue weighted by atomic mass is 35.5. The monoisotopic (exact) mass is 488 g/mol. The number of rotatable bonds is 6. The largest absolute Gasteiger partial charge is 0.489 e. The van der Waals surface area contributed by atoms with Crippen LogP contribution in [0, 0.1) is 22.7 Å². The lowest BCUT2D eigenvalue weighted by molar-refractivity contribution is 0.0218. The number of nitriles is 2. The van der Waals surface area contributed by atoms with Gasteiger partial charge in [-0.15, -0.1) is 0 Å². The number of aryl methyl sites for hydroxylation is 1. The smallest absolute Gasteiger partial charge is 0.165 e. The molecule has 0 saturated carbocycles. The Hall–Kier alpha value is -3.81. The summed E-state index contributed by atoms with van der Waals surface area (Å²) in [4.78, 5) is 4.13. The van der Waals surface area contributed by atoms with Crippen molar-refractivity contribution < 1.29 is 9.84 Å². The lowest BCUT2D eigenvalue weighted by Gasteiger charge is -2.29. The maximum Gasteiger partial charge on any atom is 0.165 e. The van der Waals surface area contributed by atoms with Crippen LogP contribution in [0.2, 0.25) is 10.0 Å². The Morgan fingerprint density at radius 1 is 1.06 bits per heavy atom. The van der Waals surface area contributed by atoms with Gasteiger partial charge >= 0.3 is 0 Å². The Kier molecular flexibility index (Phi) is 6.58. The van der Waals surface area contributed by atoms with E-state index in [4.69, 9.17) is 33.2 Å². The fourth-order valence-electron chi connectivity index (χ4n) is 3.75. The van der Waals surface area contributed by atoms with Crippen LogP contribution in [0.5, 0.6) is 5.75 Å². The third-order valence-corrected chi connectivity index (χ3v) is 6.20. The van der Waals surface area contributed by atoms with Crippen molar-refractivity contribution in [3.8, 4) is 29.0 Å². The van der Waals surface area contributed by atoms with Crippen LogP contribution in [0.1, 0.15) is 22.4 Å². The maximum absolute atomic E-state index is 11.9. The van der Waals surface area contributed by atoms with E-state index in [2.05, 4.69) is 11.1 Å². The van der Waals surface area contributed by atoms with Crippen molar-refractivity contribution in [3.05, 3.63) is 106 Å². The number of halogens is 2. The van der Waals surface area contributed by atoms with Gasteiger partial charge in [0.2, 0.25) is 0 Å². The van der Waals surface area contributed by atoms with Crippen LogP contribution in [-0.2, 0) is 12.6 Å². The highest BCUT2D eigenvalue weighted by Gasteiger charge is 2.36. The minimum Gasteiger partial charge on any atom is -0.489 e. The molecular weight excluding hydrogens is 471 g/mol. The van der Waals surface area contributed by atoms with Crippen molar-refractivity contribution in [1.29, 1.82) is 10.5 Å². The lowest BCUT2D eigenvalue weighted by Crippen LogP contribution is -2.36. The number of benzene rings is 3. The van der Waals surface area contributed by atoms with Gasteiger partial charge in [0.05, 0.1) is 45.5 Å². The molecule has 4 rings (SSSR count). The van der Waals surface area contributed by atoms with Crippen LogP contribution in [0.4, 0.5) is 0 Å². The molecule has 0 spiro atoms. The minimum atomic E-state index is -1.61. The zero-order valence-corrected chi connectivity index (χ0v) is 19.5. The molecule has 0 aliphatic carbocycles. The van der Waals surface area contributed by atoms with Crippen molar-refractivity contribution in [3.63, 3.8) is 0 Å². The Morgan fingerprint density at radius 3 is 2.35 bits per heavy atom. The Labute approximate surface area is 206 Å². The summed E-state index contributed by atoms with van der Waals surface area (Å²) in [5, 5.41) is 30.9. The fourth-order valence-corrected chi connectivity index (χ4v) is 4.38. The van der Waals surface area contributed by atoms with E-state index < -0.39 is 5.60 Å². The molecule has 1 unspecified atom stereocenters. The number of aromatic nitrogens is 2. The Bertz CT molecular complexity index is 1420. The third kappa shape index (κ3) is 4.23. The summed E-state index contributed by atoms with van der Waals surface area (Å²) in [6.45, 7) is -0.211. The van der Waals surface area contributed by atoms with Crippen molar-refractivity contribution in [2.24, 2.45) is 7.05 Å². The van der Waals surface area contributed by atoms with Crippen molar-refractivity contribution in [2.45, 2.75) is 5.60 Å². The summed E-state index contributed by atoms with van der Waals surface area (Å²) >= 11 is 12.9. The molecule has 0 aliphatic heterocycles. The number of aliphatic hydroxyl groups is 1. The molecule has 1 aromatic heterocycles. The van der Waals surface area contributed by atoms with E-state index in [1.54, 1.807) is 48.4 Å². The summed E-state index contributed by atoms with van der Waals surface area (Å²) in [7, 11) is 1.77. The second-order valence-electron chi connectivity index (χ2n) is 7.63. The summed E-state index contributed by atoms with van der Waals surface area (Å²) in [6, 6.07) is 21.5. The van der Waals surface area contributed by atoms with E-state index in [0.717, 1.165) is 5.56 Å². The molecule has 0 amide bonds. The van der Waals surface area contributed by atoms with Crippen LogP contribution in [0.25, 0.3) is 11.1 Å². The summed E-state index contributed by atoms with van der Waals surface area (Å²) < 4.78 is 7.87. The second-order valence-corrected chi connectivity index (χ2v) is 8.41. The van der Waals surface area contributed by atoms with Crippen LogP contribution in [0.3, 0.4) is 0 Å². The van der Waals surface area contributed by atoms with Gasteiger partial charge in [0.25, 0.3) is 0 Å². The van der Waals surface area contributed by atoms with E-state index >= 15 is 0 Å².